The van der Waals surface area contributed by atoms with Crippen molar-refractivity contribution in [3.8, 4) is 5.75 Å². The van der Waals surface area contributed by atoms with E-state index in [-0.39, 0.29) is 35.6 Å². The molecule has 0 bridgehead atoms. The smallest absolute Gasteiger partial charge is 0.165 e. The van der Waals surface area contributed by atoms with Crippen molar-refractivity contribution < 1.29 is 19.0 Å². The summed E-state index contributed by atoms with van der Waals surface area (Å²) in [6, 6.07) is 10.4. The second-order valence-corrected chi connectivity index (χ2v) is 10.4. The van der Waals surface area contributed by atoms with Gasteiger partial charge >= 0.3 is 0 Å². The molecule has 0 amide bonds. The molecule has 2 aromatic rings. The van der Waals surface area contributed by atoms with Crippen LogP contribution in [0.5, 0.6) is 5.75 Å². The van der Waals surface area contributed by atoms with Crippen LogP contribution in [0.4, 0.5) is 0 Å². The molecule has 186 valence electrons. The van der Waals surface area contributed by atoms with E-state index < -0.39 is 0 Å². The Kier molecular flexibility index (Phi) is 6.94. The van der Waals surface area contributed by atoms with Gasteiger partial charge in [0.15, 0.2) is 5.78 Å². The second-order valence-electron chi connectivity index (χ2n) is 10.4. The van der Waals surface area contributed by atoms with Gasteiger partial charge in [-0.2, -0.15) is 5.10 Å². The molecule has 35 heavy (non-hydrogen) atoms. The Hall–Kier alpha value is -2.70. The van der Waals surface area contributed by atoms with E-state index in [4.69, 9.17) is 14.2 Å². The number of ether oxygens (including phenoxy) is 3. The third-order valence-electron chi connectivity index (χ3n) is 7.66. The van der Waals surface area contributed by atoms with E-state index in [0.29, 0.717) is 5.92 Å². The van der Waals surface area contributed by atoms with E-state index in [9.17, 15) is 4.79 Å². The van der Waals surface area contributed by atoms with Crippen LogP contribution in [-0.2, 0) is 20.8 Å². The minimum Gasteiger partial charge on any atom is -0.487 e. The predicted octanol–water partition coefficient (Wildman–Crippen LogP) is 5.25. The van der Waals surface area contributed by atoms with Gasteiger partial charge in [-0.1, -0.05) is 30.4 Å². The highest BCUT2D eigenvalue weighted by Crippen LogP contribution is 2.48. The highest BCUT2D eigenvalue weighted by molar-refractivity contribution is 6.00. The number of para-hydroxylation sites is 1. The summed E-state index contributed by atoms with van der Waals surface area (Å²) in [5, 5.41) is 4.44. The number of hydrogen-bond acceptors (Lipinski definition) is 5. The molecule has 0 N–H and O–H groups in total. The van der Waals surface area contributed by atoms with E-state index in [2.05, 4.69) is 23.3 Å². The van der Waals surface area contributed by atoms with Crippen LogP contribution in [0.2, 0.25) is 0 Å². The third kappa shape index (κ3) is 5.14. The molecular formula is C29H36N2O4. The molecule has 1 aromatic heterocycles. The van der Waals surface area contributed by atoms with Gasteiger partial charge in [0.05, 0.1) is 6.10 Å². The van der Waals surface area contributed by atoms with Gasteiger partial charge in [0.25, 0.3) is 0 Å². The molecule has 1 aliphatic heterocycles. The lowest BCUT2D eigenvalue weighted by atomic mass is 9.70. The summed E-state index contributed by atoms with van der Waals surface area (Å²) in [4.78, 5) is 13.4. The Morgan fingerprint density at radius 1 is 1.20 bits per heavy atom. The molecule has 6 nitrogen and oxygen atoms in total. The summed E-state index contributed by atoms with van der Waals surface area (Å²) in [6.07, 6.45) is 13.8. The number of ketones is 1. The number of allylic oxidation sites excluding steroid dienone is 2. The zero-order chi connectivity index (χ0) is 24.4. The fraction of sp³-hybridized carbons (Fsp3) is 0.517. The molecule has 2 heterocycles. The Balaban J connectivity index is 1.27. The van der Waals surface area contributed by atoms with E-state index in [1.165, 1.54) is 5.56 Å². The van der Waals surface area contributed by atoms with E-state index in [0.717, 1.165) is 50.0 Å². The first-order chi connectivity index (χ1) is 17.0. The van der Waals surface area contributed by atoms with Gasteiger partial charge in [-0.05, 0) is 69.7 Å². The normalized spacial score (nSPS) is 30.1. The predicted molar refractivity (Wildman–Crippen MR) is 134 cm³/mol. The maximum Gasteiger partial charge on any atom is 0.165 e. The molecule has 1 spiro atoms. The summed E-state index contributed by atoms with van der Waals surface area (Å²) in [5.74, 6) is 1.56. The topological polar surface area (TPSA) is 62.6 Å². The molecule has 3 unspecified atom stereocenters. The Morgan fingerprint density at radius 3 is 2.71 bits per heavy atom. The van der Waals surface area contributed by atoms with Crippen molar-refractivity contribution in [2.45, 2.75) is 82.3 Å². The highest BCUT2D eigenvalue weighted by Gasteiger charge is 2.45. The Labute approximate surface area is 208 Å². The second kappa shape index (κ2) is 10.1. The van der Waals surface area contributed by atoms with Crippen LogP contribution in [0.1, 0.15) is 57.4 Å². The number of rotatable bonds is 7. The fourth-order valence-electron chi connectivity index (χ4n) is 5.93. The van der Waals surface area contributed by atoms with Crippen LogP contribution in [0.3, 0.4) is 0 Å². The quantitative estimate of drug-likeness (QED) is 0.546. The van der Waals surface area contributed by atoms with Crippen molar-refractivity contribution in [1.82, 2.24) is 9.78 Å². The van der Waals surface area contributed by atoms with Gasteiger partial charge in [-0.25, -0.2) is 0 Å². The molecule has 1 saturated carbocycles. The van der Waals surface area contributed by atoms with Crippen molar-refractivity contribution in [3.63, 3.8) is 0 Å². The molecular weight excluding hydrogens is 440 g/mol. The van der Waals surface area contributed by atoms with E-state index in [1.807, 2.05) is 61.3 Å². The first-order valence-electron chi connectivity index (χ1n) is 12.8. The molecule has 5 rings (SSSR count). The first kappa shape index (κ1) is 24.0. The Morgan fingerprint density at radius 2 is 2.00 bits per heavy atom. The molecule has 6 heteroatoms. The summed E-state index contributed by atoms with van der Waals surface area (Å²) >= 11 is 0. The van der Waals surface area contributed by atoms with Gasteiger partial charge in [-0.15, -0.1) is 0 Å². The lowest BCUT2D eigenvalue weighted by Gasteiger charge is -2.46. The summed E-state index contributed by atoms with van der Waals surface area (Å²) in [5.41, 5.74) is 1.78. The summed E-state index contributed by atoms with van der Waals surface area (Å²) in [6.45, 7) is 4.86. The summed E-state index contributed by atoms with van der Waals surface area (Å²) < 4.78 is 20.2. The zero-order valence-electron chi connectivity index (χ0n) is 20.9. The summed E-state index contributed by atoms with van der Waals surface area (Å²) in [7, 11) is 1.67. The lowest BCUT2D eigenvalue weighted by molar-refractivity contribution is -0.122. The first-order valence-corrected chi connectivity index (χ1v) is 12.8. The molecule has 0 saturated heterocycles. The number of Topliss-reactive ketones (excluding diaryl/α,β-unsaturated/α-hetero) is 1. The van der Waals surface area contributed by atoms with Gasteiger partial charge in [0, 0.05) is 43.5 Å². The number of benzene rings is 1. The molecule has 1 fully saturated rings. The SMILES string of the molecule is COC1C=C(C(=O)[C@H]2CC[C@@]3(CC2)CC(Cn2cccn2)c2ccccc2O3)C=CC1OC(C)C. The van der Waals surface area contributed by atoms with Crippen LogP contribution in [0.15, 0.2) is 66.5 Å². The van der Waals surface area contributed by atoms with Crippen molar-refractivity contribution in [2.24, 2.45) is 5.92 Å². The van der Waals surface area contributed by atoms with Crippen LogP contribution >= 0.6 is 0 Å². The molecule has 1 aromatic carbocycles. The number of carbonyl (C=O) groups is 1. The molecule has 2 aliphatic carbocycles. The van der Waals surface area contributed by atoms with Crippen molar-refractivity contribution >= 4 is 5.78 Å². The minimum absolute atomic E-state index is 0.0157. The zero-order valence-corrected chi connectivity index (χ0v) is 20.9. The minimum atomic E-state index is -0.238. The lowest BCUT2D eigenvalue weighted by Crippen LogP contribution is -2.45. The number of methoxy groups -OCH3 is 1. The average molecular weight is 477 g/mol. The van der Waals surface area contributed by atoms with Gasteiger partial charge in [-0.3, -0.25) is 9.48 Å². The Bertz CT molecular complexity index is 1080. The van der Waals surface area contributed by atoms with E-state index in [1.54, 1.807) is 7.11 Å². The molecule has 0 radical (unpaired) electrons. The van der Waals surface area contributed by atoms with Crippen LogP contribution in [0, 0.1) is 5.92 Å². The van der Waals surface area contributed by atoms with Gasteiger partial charge in [0.1, 0.15) is 23.6 Å². The monoisotopic (exact) mass is 476 g/mol. The molecule has 3 aliphatic rings. The standard InChI is InChI=1S/C29H36N2O4/c1-20(2)34-26-10-9-22(17-27(26)33-3)28(32)21-11-13-29(14-12-21)18-23(19-31-16-6-15-30-31)24-7-4-5-8-25(24)35-29/h4-10,15-17,20-21,23,26-27H,11-14,18-19H2,1-3H3/t21-,23?,26?,27?,29+. The van der Waals surface area contributed by atoms with Gasteiger partial charge in [0.2, 0.25) is 0 Å². The third-order valence-corrected chi connectivity index (χ3v) is 7.66. The maximum absolute atomic E-state index is 13.4. The van der Waals surface area contributed by atoms with Crippen LogP contribution in [-0.4, -0.2) is 46.6 Å². The highest BCUT2D eigenvalue weighted by atomic mass is 16.5. The van der Waals surface area contributed by atoms with Crippen LogP contribution in [0.25, 0.3) is 0 Å². The largest absolute Gasteiger partial charge is 0.487 e. The van der Waals surface area contributed by atoms with Crippen molar-refractivity contribution in [2.75, 3.05) is 7.11 Å². The fourth-order valence-corrected chi connectivity index (χ4v) is 5.93. The van der Waals surface area contributed by atoms with Crippen LogP contribution < -0.4 is 4.74 Å². The van der Waals surface area contributed by atoms with Gasteiger partial charge < -0.3 is 14.2 Å². The van der Waals surface area contributed by atoms with E-state index >= 15 is 0 Å². The number of hydrogen-bond donors (Lipinski definition) is 0. The van der Waals surface area contributed by atoms with Crippen molar-refractivity contribution in [3.05, 3.63) is 72.1 Å². The average Bonchev–Trinajstić information content (AvgIpc) is 3.37. The van der Waals surface area contributed by atoms with Crippen molar-refractivity contribution in [1.29, 1.82) is 0 Å². The number of nitrogens with zero attached hydrogens (tertiary/aromatic N) is 2. The number of aromatic nitrogens is 2. The molecule has 3 atom stereocenters. The maximum atomic E-state index is 13.4. The number of fused-ring (bicyclic) bond motifs is 1. The number of carbonyl (C=O) groups excluding carboxylic acids is 1.